The highest BCUT2D eigenvalue weighted by atomic mass is 32.2. The van der Waals surface area contributed by atoms with Gasteiger partial charge in [-0.3, -0.25) is 0 Å². The number of rotatable bonds is 6. The van der Waals surface area contributed by atoms with Gasteiger partial charge in [-0.05, 0) is 49.4 Å². The highest BCUT2D eigenvalue weighted by Gasteiger charge is 2.29. The van der Waals surface area contributed by atoms with E-state index in [9.17, 15) is 17.9 Å². The SMILES string of the molecule is CCCN(CC(C)O)S(=O)(=O)c1sc2ccc(F)cc2c1C. The molecule has 0 aliphatic heterocycles. The molecular formula is C15H20FNO3S2. The second kappa shape index (κ2) is 6.62. The van der Waals surface area contributed by atoms with Crippen molar-refractivity contribution in [1.82, 2.24) is 4.31 Å². The molecule has 2 rings (SSSR count). The number of thiophene rings is 1. The largest absolute Gasteiger partial charge is 0.392 e. The van der Waals surface area contributed by atoms with Gasteiger partial charge in [0.2, 0.25) is 0 Å². The van der Waals surface area contributed by atoms with Gasteiger partial charge in [0.1, 0.15) is 10.0 Å². The summed E-state index contributed by atoms with van der Waals surface area (Å²) in [4.78, 5) is 0. The lowest BCUT2D eigenvalue weighted by Crippen LogP contribution is -2.37. The molecule has 0 saturated carbocycles. The Hall–Kier alpha value is -1.02. The predicted molar refractivity (Wildman–Crippen MR) is 87.3 cm³/mol. The van der Waals surface area contributed by atoms with Crippen LogP contribution in [0.25, 0.3) is 10.1 Å². The summed E-state index contributed by atoms with van der Waals surface area (Å²) in [5.41, 5.74) is 0.561. The Kier molecular flexibility index (Phi) is 5.21. The summed E-state index contributed by atoms with van der Waals surface area (Å²) in [6.45, 7) is 5.54. The minimum Gasteiger partial charge on any atom is -0.392 e. The maximum Gasteiger partial charge on any atom is 0.252 e. The Labute approximate surface area is 134 Å². The molecule has 0 radical (unpaired) electrons. The topological polar surface area (TPSA) is 57.6 Å². The summed E-state index contributed by atoms with van der Waals surface area (Å²) in [5, 5.41) is 10.2. The average Bonchev–Trinajstić information content (AvgIpc) is 2.76. The van der Waals surface area contributed by atoms with Gasteiger partial charge in [-0.15, -0.1) is 11.3 Å². The molecule has 0 aliphatic rings. The lowest BCUT2D eigenvalue weighted by molar-refractivity contribution is 0.163. The summed E-state index contributed by atoms with van der Waals surface area (Å²) >= 11 is 1.14. The summed E-state index contributed by atoms with van der Waals surface area (Å²) in [6.07, 6.45) is -0.0849. The van der Waals surface area contributed by atoms with Crippen LogP contribution in [0.15, 0.2) is 22.4 Å². The fourth-order valence-corrected chi connectivity index (χ4v) is 5.88. The van der Waals surface area contributed by atoms with Gasteiger partial charge in [0.05, 0.1) is 6.10 Å². The zero-order valence-corrected chi connectivity index (χ0v) is 14.5. The van der Waals surface area contributed by atoms with E-state index in [0.29, 0.717) is 23.9 Å². The zero-order valence-electron chi connectivity index (χ0n) is 12.8. The van der Waals surface area contributed by atoms with Crippen molar-refractivity contribution in [2.45, 2.75) is 37.5 Å². The molecular weight excluding hydrogens is 325 g/mol. The first-order valence-corrected chi connectivity index (χ1v) is 9.40. The summed E-state index contributed by atoms with van der Waals surface area (Å²) in [6, 6.07) is 4.29. The Bertz CT molecular complexity index is 768. The van der Waals surface area contributed by atoms with Crippen LogP contribution >= 0.6 is 11.3 Å². The molecule has 1 heterocycles. The summed E-state index contributed by atoms with van der Waals surface area (Å²) in [7, 11) is -3.69. The van der Waals surface area contributed by atoms with E-state index in [4.69, 9.17) is 0 Å². The molecule has 1 aromatic carbocycles. The third-order valence-electron chi connectivity index (χ3n) is 3.37. The second-order valence-corrected chi connectivity index (χ2v) is 8.55. The zero-order chi connectivity index (χ0) is 16.5. The van der Waals surface area contributed by atoms with Crippen molar-refractivity contribution < 1.29 is 17.9 Å². The monoisotopic (exact) mass is 345 g/mol. The first-order valence-electron chi connectivity index (χ1n) is 7.14. The molecule has 22 heavy (non-hydrogen) atoms. The molecule has 1 aromatic heterocycles. The van der Waals surface area contributed by atoms with E-state index >= 15 is 0 Å². The molecule has 0 saturated heterocycles. The van der Waals surface area contributed by atoms with Crippen molar-refractivity contribution in [3.8, 4) is 0 Å². The first kappa shape index (κ1) is 17.3. The molecule has 122 valence electrons. The van der Waals surface area contributed by atoms with Crippen LogP contribution < -0.4 is 0 Å². The molecule has 2 aromatic rings. The van der Waals surface area contributed by atoms with Crippen LogP contribution in [0.5, 0.6) is 0 Å². The third-order valence-corrected chi connectivity index (χ3v) is 7.11. The number of aryl methyl sites for hydroxylation is 1. The molecule has 1 atom stereocenters. The Morgan fingerprint density at radius 2 is 2.09 bits per heavy atom. The number of nitrogens with zero attached hydrogens (tertiary/aromatic N) is 1. The highest BCUT2D eigenvalue weighted by Crippen LogP contribution is 2.36. The maximum absolute atomic E-state index is 13.4. The van der Waals surface area contributed by atoms with Crippen molar-refractivity contribution in [1.29, 1.82) is 0 Å². The maximum atomic E-state index is 13.4. The number of aliphatic hydroxyl groups excluding tert-OH is 1. The molecule has 4 nitrogen and oxygen atoms in total. The van der Waals surface area contributed by atoms with E-state index in [1.165, 1.54) is 16.4 Å². The fourth-order valence-electron chi connectivity index (χ4n) is 2.39. The lowest BCUT2D eigenvalue weighted by atomic mass is 10.2. The quantitative estimate of drug-likeness (QED) is 0.875. The van der Waals surface area contributed by atoms with E-state index in [1.54, 1.807) is 19.9 Å². The minimum atomic E-state index is -3.69. The number of benzene rings is 1. The smallest absolute Gasteiger partial charge is 0.252 e. The Morgan fingerprint density at radius 3 is 2.68 bits per heavy atom. The van der Waals surface area contributed by atoms with Gasteiger partial charge < -0.3 is 5.11 Å². The highest BCUT2D eigenvalue weighted by molar-refractivity contribution is 7.91. The Balaban J connectivity index is 2.54. The normalized spacial score (nSPS) is 13.9. The standard InChI is InChI=1S/C15H20FNO3S2/c1-4-7-17(9-10(2)18)22(19,20)15-11(3)13-8-12(16)5-6-14(13)21-15/h5-6,8,10,18H,4,7,9H2,1-3H3. The molecule has 1 N–H and O–H groups in total. The summed E-state index contributed by atoms with van der Waals surface area (Å²) < 4.78 is 41.4. The fraction of sp³-hybridized carbons (Fsp3) is 0.467. The predicted octanol–water partition coefficient (Wildman–Crippen LogP) is 3.13. The minimum absolute atomic E-state index is 0.0538. The van der Waals surface area contributed by atoms with Gasteiger partial charge in [-0.2, -0.15) is 4.31 Å². The second-order valence-electron chi connectivity index (χ2n) is 5.37. The van der Waals surface area contributed by atoms with E-state index in [0.717, 1.165) is 16.0 Å². The van der Waals surface area contributed by atoms with Gasteiger partial charge in [-0.1, -0.05) is 6.92 Å². The van der Waals surface area contributed by atoms with Crippen molar-refractivity contribution in [3.05, 3.63) is 29.6 Å². The first-order chi connectivity index (χ1) is 10.3. The van der Waals surface area contributed by atoms with Crippen molar-refractivity contribution >= 4 is 31.4 Å². The molecule has 7 heteroatoms. The molecule has 1 unspecified atom stereocenters. The molecule has 0 amide bonds. The van der Waals surface area contributed by atoms with E-state index in [1.807, 2.05) is 6.92 Å². The third kappa shape index (κ3) is 3.32. The van der Waals surface area contributed by atoms with Crippen LogP contribution in [0.4, 0.5) is 4.39 Å². The van der Waals surface area contributed by atoms with Crippen LogP contribution in [0.2, 0.25) is 0 Å². The molecule has 0 aliphatic carbocycles. The van der Waals surface area contributed by atoms with Gasteiger partial charge in [0.25, 0.3) is 10.0 Å². The van der Waals surface area contributed by atoms with Gasteiger partial charge >= 0.3 is 0 Å². The van der Waals surface area contributed by atoms with Crippen molar-refractivity contribution in [2.24, 2.45) is 0 Å². The summed E-state index contributed by atoms with van der Waals surface area (Å²) in [5.74, 6) is -0.383. The average molecular weight is 345 g/mol. The van der Waals surface area contributed by atoms with Crippen LogP contribution in [-0.4, -0.2) is 37.0 Å². The van der Waals surface area contributed by atoms with Crippen LogP contribution in [-0.2, 0) is 10.0 Å². The van der Waals surface area contributed by atoms with Gasteiger partial charge in [0.15, 0.2) is 0 Å². The van der Waals surface area contributed by atoms with Gasteiger partial charge in [0, 0.05) is 17.8 Å². The molecule has 0 fully saturated rings. The number of aliphatic hydroxyl groups is 1. The number of hydrogen-bond donors (Lipinski definition) is 1. The van der Waals surface area contributed by atoms with E-state index < -0.39 is 16.1 Å². The molecule has 0 bridgehead atoms. The van der Waals surface area contributed by atoms with Gasteiger partial charge in [-0.25, -0.2) is 12.8 Å². The lowest BCUT2D eigenvalue weighted by Gasteiger charge is -2.22. The number of halogens is 1. The number of fused-ring (bicyclic) bond motifs is 1. The Morgan fingerprint density at radius 1 is 1.41 bits per heavy atom. The van der Waals surface area contributed by atoms with Crippen LogP contribution in [0, 0.1) is 12.7 Å². The number of hydrogen-bond acceptors (Lipinski definition) is 4. The molecule has 0 spiro atoms. The van der Waals surface area contributed by atoms with Crippen LogP contribution in [0.1, 0.15) is 25.8 Å². The van der Waals surface area contributed by atoms with E-state index in [2.05, 4.69) is 0 Å². The number of sulfonamides is 1. The van der Waals surface area contributed by atoms with Crippen LogP contribution in [0.3, 0.4) is 0 Å². The van der Waals surface area contributed by atoms with Crippen molar-refractivity contribution in [2.75, 3.05) is 13.1 Å². The van der Waals surface area contributed by atoms with Crippen molar-refractivity contribution in [3.63, 3.8) is 0 Å². The van der Waals surface area contributed by atoms with E-state index in [-0.39, 0.29) is 16.6 Å².